The molecule has 31 heavy (non-hydrogen) atoms. The fourth-order valence-corrected chi connectivity index (χ4v) is 5.54. The van der Waals surface area contributed by atoms with Crippen molar-refractivity contribution in [3.05, 3.63) is 78.2 Å². The zero-order chi connectivity index (χ0) is 21.7. The SMILES string of the molecule is O=C(CSc1ccc(S(=O)(=O)N2CCN(Cc3ccccc3)CC2)cn1)c1ccc[nH]1. The van der Waals surface area contributed by atoms with E-state index in [2.05, 4.69) is 27.0 Å². The second-order valence-corrected chi connectivity index (χ2v) is 10.2. The van der Waals surface area contributed by atoms with E-state index < -0.39 is 10.0 Å². The number of pyridine rings is 1. The highest BCUT2D eigenvalue weighted by atomic mass is 32.2. The molecular weight excluding hydrogens is 432 g/mol. The number of thioether (sulfide) groups is 1. The van der Waals surface area contributed by atoms with Gasteiger partial charge in [0.2, 0.25) is 10.0 Å². The van der Waals surface area contributed by atoms with Crippen molar-refractivity contribution in [3.63, 3.8) is 0 Å². The molecule has 0 amide bonds. The fraction of sp³-hybridized carbons (Fsp3) is 0.273. The van der Waals surface area contributed by atoms with E-state index in [1.54, 1.807) is 30.5 Å². The van der Waals surface area contributed by atoms with Gasteiger partial charge in [0.15, 0.2) is 5.78 Å². The summed E-state index contributed by atoms with van der Waals surface area (Å²) in [5.74, 6) is 0.213. The van der Waals surface area contributed by atoms with E-state index in [1.807, 2.05) is 18.2 Å². The molecule has 1 N–H and O–H groups in total. The Labute approximate surface area is 186 Å². The number of aromatic amines is 1. The summed E-state index contributed by atoms with van der Waals surface area (Å²) in [6, 6.07) is 16.9. The van der Waals surface area contributed by atoms with E-state index in [0.29, 0.717) is 36.9 Å². The second kappa shape index (κ2) is 9.78. The number of piperazine rings is 1. The summed E-state index contributed by atoms with van der Waals surface area (Å²) in [5, 5.41) is 0.617. The van der Waals surface area contributed by atoms with Crippen LogP contribution in [-0.2, 0) is 16.6 Å². The molecular formula is C22H24N4O3S2. The molecule has 162 valence electrons. The zero-order valence-corrected chi connectivity index (χ0v) is 18.6. The molecule has 0 radical (unpaired) electrons. The Hall–Kier alpha value is -2.46. The summed E-state index contributed by atoms with van der Waals surface area (Å²) < 4.78 is 27.5. The number of aromatic nitrogens is 2. The van der Waals surface area contributed by atoms with E-state index in [9.17, 15) is 13.2 Å². The van der Waals surface area contributed by atoms with E-state index >= 15 is 0 Å². The minimum Gasteiger partial charge on any atom is -0.359 e. The lowest BCUT2D eigenvalue weighted by Gasteiger charge is -2.33. The van der Waals surface area contributed by atoms with Gasteiger partial charge in [-0.15, -0.1) is 0 Å². The average molecular weight is 457 g/mol. The number of ketones is 1. The van der Waals surface area contributed by atoms with Gasteiger partial charge in [0.1, 0.15) is 4.90 Å². The lowest BCUT2D eigenvalue weighted by atomic mass is 10.2. The maximum Gasteiger partial charge on any atom is 0.244 e. The van der Waals surface area contributed by atoms with Gasteiger partial charge in [-0.25, -0.2) is 13.4 Å². The van der Waals surface area contributed by atoms with Crippen molar-refractivity contribution in [1.29, 1.82) is 0 Å². The fourth-order valence-electron chi connectivity index (χ4n) is 3.44. The normalized spacial score (nSPS) is 15.7. The Morgan fingerprint density at radius 2 is 1.77 bits per heavy atom. The number of hydrogen-bond acceptors (Lipinski definition) is 6. The number of carbonyl (C=O) groups excluding carboxylic acids is 1. The largest absolute Gasteiger partial charge is 0.359 e. The summed E-state index contributed by atoms with van der Waals surface area (Å²) in [7, 11) is -3.58. The Bertz CT molecular complexity index is 1090. The number of carbonyl (C=O) groups is 1. The van der Waals surface area contributed by atoms with Crippen LogP contribution >= 0.6 is 11.8 Å². The Balaban J connectivity index is 1.32. The first-order valence-electron chi connectivity index (χ1n) is 10.0. The predicted octanol–water partition coefficient (Wildman–Crippen LogP) is 2.89. The predicted molar refractivity (Wildman–Crippen MR) is 121 cm³/mol. The first-order valence-corrected chi connectivity index (χ1v) is 12.5. The van der Waals surface area contributed by atoms with Gasteiger partial charge in [-0.1, -0.05) is 42.1 Å². The first kappa shape index (κ1) is 21.8. The maximum atomic E-state index is 13.0. The lowest BCUT2D eigenvalue weighted by molar-refractivity contribution is 0.101. The third kappa shape index (κ3) is 5.43. The molecule has 1 aliphatic rings. The van der Waals surface area contributed by atoms with E-state index in [0.717, 1.165) is 6.54 Å². The van der Waals surface area contributed by atoms with Crippen LogP contribution < -0.4 is 0 Å². The summed E-state index contributed by atoms with van der Waals surface area (Å²) >= 11 is 1.29. The molecule has 3 aromatic rings. The van der Waals surface area contributed by atoms with Gasteiger partial charge in [-0.05, 0) is 29.8 Å². The van der Waals surface area contributed by atoms with Crippen molar-refractivity contribution >= 4 is 27.6 Å². The topological polar surface area (TPSA) is 86.4 Å². The Kier molecular flexibility index (Phi) is 6.86. The quantitative estimate of drug-likeness (QED) is 0.414. The molecule has 7 nitrogen and oxygen atoms in total. The number of hydrogen-bond donors (Lipinski definition) is 1. The molecule has 1 aliphatic heterocycles. The molecule has 0 spiro atoms. The van der Waals surface area contributed by atoms with Crippen LogP contribution in [0.15, 0.2) is 76.9 Å². The number of sulfonamides is 1. The van der Waals surface area contributed by atoms with Crippen molar-refractivity contribution < 1.29 is 13.2 Å². The number of H-pyrrole nitrogens is 1. The number of rotatable bonds is 8. The molecule has 3 heterocycles. The van der Waals surface area contributed by atoms with Gasteiger partial charge in [0.05, 0.1) is 16.5 Å². The molecule has 0 unspecified atom stereocenters. The molecule has 2 aromatic heterocycles. The summed E-state index contributed by atoms with van der Waals surface area (Å²) in [4.78, 5) is 21.6. The molecule has 0 aliphatic carbocycles. The van der Waals surface area contributed by atoms with Crippen LogP contribution in [0.5, 0.6) is 0 Å². The molecule has 4 rings (SSSR count). The third-order valence-electron chi connectivity index (χ3n) is 5.18. The van der Waals surface area contributed by atoms with Crippen LogP contribution in [0.4, 0.5) is 0 Å². The average Bonchev–Trinajstić information content (AvgIpc) is 3.34. The number of nitrogens with zero attached hydrogens (tertiary/aromatic N) is 3. The minimum atomic E-state index is -3.58. The van der Waals surface area contributed by atoms with Gasteiger partial charge in [0.25, 0.3) is 0 Å². The highest BCUT2D eigenvalue weighted by Crippen LogP contribution is 2.22. The highest BCUT2D eigenvalue weighted by molar-refractivity contribution is 7.99. The smallest absolute Gasteiger partial charge is 0.244 e. The Morgan fingerprint density at radius 1 is 1.00 bits per heavy atom. The summed E-state index contributed by atoms with van der Waals surface area (Å²) in [6.45, 7) is 3.11. The van der Waals surface area contributed by atoms with E-state index in [1.165, 1.54) is 27.8 Å². The summed E-state index contributed by atoms with van der Waals surface area (Å²) in [6.07, 6.45) is 3.09. The summed E-state index contributed by atoms with van der Waals surface area (Å²) in [5.41, 5.74) is 1.78. The highest BCUT2D eigenvalue weighted by Gasteiger charge is 2.28. The number of benzene rings is 1. The number of nitrogens with one attached hydrogen (secondary N) is 1. The Morgan fingerprint density at radius 3 is 2.42 bits per heavy atom. The van der Waals surface area contributed by atoms with E-state index in [-0.39, 0.29) is 16.4 Å². The van der Waals surface area contributed by atoms with Gasteiger partial charge in [-0.3, -0.25) is 9.69 Å². The van der Waals surface area contributed by atoms with Crippen molar-refractivity contribution in [3.8, 4) is 0 Å². The molecule has 0 bridgehead atoms. The first-order chi connectivity index (χ1) is 15.0. The number of Topliss-reactive ketones (excluding diaryl/α,β-unsaturated/α-hetero) is 1. The van der Waals surface area contributed by atoms with Crippen LogP contribution in [-0.4, -0.2) is 65.3 Å². The molecule has 0 saturated carbocycles. The monoisotopic (exact) mass is 456 g/mol. The molecule has 0 atom stereocenters. The van der Waals surface area contributed by atoms with Crippen LogP contribution in [0.25, 0.3) is 0 Å². The van der Waals surface area contributed by atoms with Gasteiger partial charge in [-0.2, -0.15) is 4.31 Å². The van der Waals surface area contributed by atoms with Crippen LogP contribution in [0, 0.1) is 0 Å². The van der Waals surface area contributed by atoms with Gasteiger partial charge < -0.3 is 4.98 Å². The zero-order valence-electron chi connectivity index (χ0n) is 17.0. The molecule has 1 aromatic carbocycles. The van der Waals surface area contributed by atoms with E-state index in [4.69, 9.17) is 0 Å². The second-order valence-electron chi connectivity index (χ2n) is 7.29. The van der Waals surface area contributed by atoms with Crippen molar-refractivity contribution in [2.75, 3.05) is 31.9 Å². The van der Waals surface area contributed by atoms with Crippen LogP contribution in [0.1, 0.15) is 16.1 Å². The van der Waals surface area contributed by atoms with Crippen molar-refractivity contribution in [1.82, 2.24) is 19.2 Å². The molecule has 9 heteroatoms. The maximum absolute atomic E-state index is 13.0. The third-order valence-corrected chi connectivity index (χ3v) is 8.00. The van der Waals surface area contributed by atoms with Gasteiger partial charge in [0, 0.05) is 45.1 Å². The van der Waals surface area contributed by atoms with Crippen LogP contribution in [0.3, 0.4) is 0 Å². The van der Waals surface area contributed by atoms with Crippen molar-refractivity contribution in [2.45, 2.75) is 16.5 Å². The minimum absolute atomic E-state index is 0.0260. The molecule has 1 saturated heterocycles. The molecule has 1 fully saturated rings. The van der Waals surface area contributed by atoms with Gasteiger partial charge >= 0.3 is 0 Å². The standard InChI is InChI=1S/C22H24N4O3S2/c27-21(20-7-4-10-23-20)17-30-22-9-8-19(15-24-22)31(28,29)26-13-11-25(12-14-26)16-18-5-2-1-3-6-18/h1-10,15,23H,11-14,16-17H2. The lowest BCUT2D eigenvalue weighted by Crippen LogP contribution is -2.48. The van der Waals surface area contributed by atoms with Crippen molar-refractivity contribution in [2.24, 2.45) is 0 Å². The van der Waals surface area contributed by atoms with Crippen LogP contribution in [0.2, 0.25) is 0 Å².